The van der Waals surface area contributed by atoms with Crippen LogP contribution in [0.4, 0.5) is 0 Å². The molecule has 5 heteroatoms. The number of hydrogen-bond acceptors (Lipinski definition) is 2. The predicted molar refractivity (Wildman–Crippen MR) is 18.6 cm³/mol. The Bertz CT molecular complexity index is 56.5. The van der Waals surface area contributed by atoms with Gasteiger partial charge in [-0.05, 0) is 0 Å². The van der Waals surface area contributed by atoms with Gasteiger partial charge in [0.1, 0.15) is 0 Å². The van der Waals surface area contributed by atoms with Crippen LogP contribution in [-0.2, 0) is 46.1 Å². The van der Waals surface area contributed by atoms with E-state index in [1.165, 1.54) is 0 Å². The van der Waals surface area contributed by atoms with E-state index in [1.807, 2.05) is 0 Å². The summed E-state index contributed by atoms with van der Waals surface area (Å²) in [7, 11) is 0. The van der Waals surface area contributed by atoms with Gasteiger partial charge in [-0.25, -0.2) is 0 Å². The maximum atomic E-state index is 9.37. The van der Waals surface area contributed by atoms with Crippen molar-refractivity contribution in [3.63, 3.8) is 0 Å². The molecule has 0 aliphatic carbocycles. The summed E-state index contributed by atoms with van der Waals surface area (Å²) in [4.78, 5) is 9.37. The van der Waals surface area contributed by atoms with Crippen LogP contribution in [0.15, 0.2) is 0 Å². The van der Waals surface area contributed by atoms with Crippen molar-refractivity contribution in [3.05, 3.63) is 0 Å². The average Bonchev–Trinajstić information content (AvgIpc) is 1.73. The first-order valence-electron chi connectivity index (χ1n) is 1.78. The molecule has 0 heterocycles. The molecule has 0 aromatic rings. The number of aliphatic carboxylic acids is 1. The third-order valence-electron chi connectivity index (χ3n) is 0.302. The monoisotopic (exact) mass is 218 g/mol. The van der Waals surface area contributed by atoms with Crippen molar-refractivity contribution < 1.29 is 51.2 Å². The quantitative estimate of drug-likeness (QED) is 0.650. The maximum absolute atomic E-state index is 9.37. The van der Waals surface area contributed by atoms with E-state index in [4.69, 9.17) is 8.68 Å². The van der Waals surface area contributed by atoms with Crippen LogP contribution in [0, 0.1) is 0 Å². The fourth-order valence-electron chi connectivity index (χ4n) is 0. The number of rotatable bonds is 1. The van der Waals surface area contributed by atoms with Crippen LogP contribution < -0.4 is 0 Å². The molecule has 0 aromatic heterocycles. The molecule has 8 heavy (non-hydrogen) atoms. The Labute approximate surface area is 70.5 Å². The zero-order valence-electron chi connectivity index (χ0n) is 4.89. The van der Waals surface area contributed by atoms with Gasteiger partial charge in [0.15, 0.2) is 0 Å². The zero-order chi connectivity index (χ0) is 6.28. The summed E-state index contributed by atoms with van der Waals surface area (Å²) in [5.74, 6) is -0.745. The van der Waals surface area contributed by atoms with Gasteiger partial charge >= 0.3 is 27.8 Å². The summed E-state index contributed by atoms with van der Waals surface area (Å²) in [6.45, 7) is 1.60. The maximum Gasteiger partial charge on any atom is 0 e. The summed E-state index contributed by atoms with van der Waals surface area (Å²) >= 11 is 0.125. The van der Waals surface area contributed by atoms with E-state index >= 15 is 0 Å². The number of hydrogen-bond donors (Lipinski definition) is 1. The van der Waals surface area contributed by atoms with Crippen LogP contribution in [0.2, 0.25) is 0 Å². The molecule has 0 aromatic carbocycles. The standard InChI is InChI=1S/C3H6O2.O.2Zn/c1-2-3(4)5;;;/h2H2,1H3,(H,4,5);;;. The van der Waals surface area contributed by atoms with Crippen LogP contribution in [0.25, 0.3) is 0 Å². The topological polar surface area (TPSA) is 54.4 Å². The van der Waals surface area contributed by atoms with Crippen molar-refractivity contribution in [3.8, 4) is 0 Å². The van der Waals surface area contributed by atoms with Gasteiger partial charge in [0.2, 0.25) is 0 Å². The molecule has 0 rings (SSSR count). The number of carboxylic acids is 1. The molecule has 0 unspecified atom stereocenters. The number of carbonyl (C=O) groups is 1. The second-order valence-corrected chi connectivity index (χ2v) is 0.747. The fraction of sp³-hybridized carbons (Fsp3) is 0.667. The van der Waals surface area contributed by atoms with Crippen molar-refractivity contribution in [1.29, 1.82) is 0 Å². The normalized spacial score (nSPS) is 5.38. The first kappa shape index (κ1) is 15.8. The molecule has 3 nitrogen and oxygen atoms in total. The minimum Gasteiger partial charge on any atom is 0 e. The summed E-state index contributed by atoms with van der Waals surface area (Å²) < 4.78 is 8.38. The van der Waals surface area contributed by atoms with Crippen LogP contribution in [0.3, 0.4) is 0 Å². The minimum atomic E-state index is -0.745. The van der Waals surface area contributed by atoms with Crippen molar-refractivity contribution >= 4 is 5.97 Å². The Kier molecular flexibility index (Phi) is 30.9. The van der Waals surface area contributed by atoms with Crippen molar-refractivity contribution in [2.24, 2.45) is 0 Å². The molecule has 0 aliphatic heterocycles. The SMILES string of the molecule is CCC(=O)O.[O]=[Zn].[Zn]. The van der Waals surface area contributed by atoms with Gasteiger partial charge < -0.3 is 5.11 Å². The molecular formula is C3H6O3Zn2. The Morgan fingerprint density at radius 3 is 1.75 bits per heavy atom. The molecule has 0 amide bonds. The Morgan fingerprint density at radius 1 is 1.62 bits per heavy atom. The molecule has 0 fully saturated rings. The van der Waals surface area contributed by atoms with E-state index in [1.54, 1.807) is 6.92 Å². The second-order valence-electron chi connectivity index (χ2n) is 0.747. The fourth-order valence-corrected chi connectivity index (χ4v) is 0. The average molecular weight is 221 g/mol. The molecule has 40 valence electrons. The molecule has 0 bridgehead atoms. The van der Waals surface area contributed by atoms with E-state index in [0.29, 0.717) is 0 Å². The minimum absolute atomic E-state index is 0. The number of carboxylic acid groups (broad SMARTS) is 1. The predicted octanol–water partition coefficient (Wildman–Crippen LogP) is 0.357. The van der Waals surface area contributed by atoms with E-state index in [2.05, 4.69) is 0 Å². The molecule has 0 radical (unpaired) electrons. The molecule has 0 spiro atoms. The summed E-state index contributed by atoms with van der Waals surface area (Å²) in [6.07, 6.45) is 0.222. The smallest absolute Gasteiger partial charge is 0 e. The summed E-state index contributed by atoms with van der Waals surface area (Å²) in [5, 5.41) is 7.72. The van der Waals surface area contributed by atoms with Gasteiger partial charge in [-0.2, -0.15) is 0 Å². The third kappa shape index (κ3) is 31.3. The van der Waals surface area contributed by atoms with Crippen LogP contribution in [0.1, 0.15) is 13.3 Å². The van der Waals surface area contributed by atoms with Gasteiger partial charge in [0.05, 0.1) is 0 Å². The largest absolute Gasteiger partial charge is 0 e. The van der Waals surface area contributed by atoms with Crippen molar-refractivity contribution in [2.75, 3.05) is 0 Å². The van der Waals surface area contributed by atoms with Crippen molar-refractivity contribution in [2.45, 2.75) is 13.3 Å². The Balaban J connectivity index is -0.0000000750. The van der Waals surface area contributed by atoms with Gasteiger partial charge in [0, 0.05) is 25.9 Å². The van der Waals surface area contributed by atoms with Crippen LogP contribution >= 0.6 is 0 Å². The molecular weight excluding hydrogens is 215 g/mol. The Morgan fingerprint density at radius 2 is 1.75 bits per heavy atom. The van der Waals surface area contributed by atoms with Gasteiger partial charge in [0.25, 0.3) is 0 Å². The third-order valence-corrected chi connectivity index (χ3v) is 0.302. The second kappa shape index (κ2) is 15.6. The summed E-state index contributed by atoms with van der Waals surface area (Å²) in [5.41, 5.74) is 0. The van der Waals surface area contributed by atoms with E-state index in [9.17, 15) is 4.79 Å². The van der Waals surface area contributed by atoms with Gasteiger partial charge in [-0.1, -0.05) is 6.92 Å². The molecule has 0 saturated carbocycles. The van der Waals surface area contributed by atoms with Crippen LogP contribution in [0.5, 0.6) is 0 Å². The van der Waals surface area contributed by atoms with E-state index < -0.39 is 5.97 Å². The summed E-state index contributed by atoms with van der Waals surface area (Å²) in [6, 6.07) is 0. The van der Waals surface area contributed by atoms with E-state index in [0.717, 1.165) is 0 Å². The first-order valence-corrected chi connectivity index (χ1v) is 2.99. The zero-order valence-corrected chi connectivity index (χ0v) is 10.8. The molecule has 0 saturated heterocycles. The molecule has 0 aliphatic rings. The van der Waals surface area contributed by atoms with Crippen LogP contribution in [-0.4, -0.2) is 11.1 Å². The molecule has 0 atom stereocenters. The van der Waals surface area contributed by atoms with Gasteiger partial charge in [-0.15, -0.1) is 0 Å². The van der Waals surface area contributed by atoms with Gasteiger partial charge in [-0.3, -0.25) is 4.79 Å². The molecule has 1 N–H and O–H groups in total. The Hall–Kier alpha value is 0.517. The van der Waals surface area contributed by atoms with E-state index in [-0.39, 0.29) is 44.2 Å². The van der Waals surface area contributed by atoms with Crippen molar-refractivity contribution in [1.82, 2.24) is 0 Å². The first-order chi connectivity index (χ1) is 3.27.